The monoisotopic (exact) mass is 368 g/mol. The maximum absolute atomic E-state index is 13.8. The van der Waals surface area contributed by atoms with Gasteiger partial charge in [0.25, 0.3) is 0 Å². The fraction of sp³-hybridized carbons (Fsp3) is 0.250. The van der Waals surface area contributed by atoms with Crippen molar-refractivity contribution in [3.05, 3.63) is 59.0 Å². The molecule has 2 aliphatic rings. The summed E-state index contributed by atoms with van der Waals surface area (Å²) in [6.45, 7) is 0.193. The van der Waals surface area contributed by atoms with Gasteiger partial charge >= 0.3 is 5.97 Å². The summed E-state index contributed by atoms with van der Waals surface area (Å²) in [5.41, 5.74) is 3.58. The number of methoxy groups -OCH3 is 1. The number of carbonyl (C=O) groups excluding carboxylic acids is 1. The van der Waals surface area contributed by atoms with Gasteiger partial charge in [0.2, 0.25) is 6.79 Å². The third-order valence-electron chi connectivity index (χ3n) is 5.18. The molecule has 0 radical (unpaired) electrons. The Balaban J connectivity index is 1.66. The highest BCUT2D eigenvalue weighted by molar-refractivity contribution is 5.87. The lowest BCUT2D eigenvalue weighted by Gasteiger charge is -2.30. The molecule has 2 N–H and O–H groups in total. The summed E-state index contributed by atoms with van der Waals surface area (Å²) in [6, 6.07) is 9.50. The topological polar surface area (TPSA) is 72.6 Å². The molecule has 0 saturated heterocycles. The van der Waals surface area contributed by atoms with Crippen LogP contribution >= 0.6 is 0 Å². The van der Waals surface area contributed by atoms with Gasteiger partial charge in [-0.3, -0.25) is 10.1 Å². The van der Waals surface area contributed by atoms with Crippen molar-refractivity contribution in [2.75, 3.05) is 13.9 Å². The van der Waals surface area contributed by atoms with E-state index in [9.17, 15) is 9.18 Å². The first-order chi connectivity index (χ1) is 13.1. The van der Waals surface area contributed by atoms with Gasteiger partial charge in [0.15, 0.2) is 11.5 Å². The zero-order valence-corrected chi connectivity index (χ0v) is 14.5. The summed E-state index contributed by atoms with van der Waals surface area (Å²) in [6.07, 6.45) is 0.423. The van der Waals surface area contributed by atoms with Crippen molar-refractivity contribution in [2.45, 2.75) is 18.5 Å². The summed E-state index contributed by atoms with van der Waals surface area (Å²) >= 11 is 0. The highest BCUT2D eigenvalue weighted by atomic mass is 19.1. The van der Waals surface area contributed by atoms with Crippen LogP contribution in [0.15, 0.2) is 36.4 Å². The molecular weight excluding hydrogens is 351 g/mol. The third kappa shape index (κ3) is 2.54. The van der Waals surface area contributed by atoms with E-state index in [-0.39, 0.29) is 24.6 Å². The molecule has 27 heavy (non-hydrogen) atoms. The molecule has 0 saturated carbocycles. The van der Waals surface area contributed by atoms with E-state index in [0.29, 0.717) is 17.9 Å². The second-order valence-electron chi connectivity index (χ2n) is 6.70. The van der Waals surface area contributed by atoms with Crippen LogP contribution in [0.5, 0.6) is 11.5 Å². The molecule has 2 unspecified atom stereocenters. The maximum atomic E-state index is 13.8. The summed E-state index contributed by atoms with van der Waals surface area (Å²) < 4.78 is 29.6. The van der Waals surface area contributed by atoms with E-state index in [2.05, 4.69) is 10.3 Å². The van der Waals surface area contributed by atoms with Crippen LogP contribution in [0.4, 0.5) is 4.39 Å². The minimum Gasteiger partial charge on any atom is -0.468 e. The number of halogens is 1. The molecule has 1 aromatic heterocycles. The van der Waals surface area contributed by atoms with Crippen LogP contribution in [0.25, 0.3) is 10.9 Å². The third-order valence-corrected chi connectivity index (χ3v) is 5.18. The largest absolute Gasteiger partial charge is 0.468 e. The number of hydrogen-bond acceptors (Lipinski definition) is 5. The van der Waals surface area contributed by atoms with Crippen molar-refractivity contribution in [1.29, 1.82) is 0 Å². The fourth-order valence-electron chi connectivity index (χ4n) is 3.90. The molecule has 0 fully saturated rings. The van der Waals surface area contributed by atoms with Gasteiger partial charge in [0, 0.05) is 23.0 Å². The van der Waals surface area contributed by atoms with Crippen LogP contribution in [0, 0.1) is 5.82 Å². The number of aromatic amines is 1. The lowest BCUT2D eigenvalue weighted by Crippen LogP contribution is -2.45. The van der Waals surface area contributed by atoms with Gasteiger partial charge in [-0.2, -0.15) is 0 Å². The number of hydrogen-bond donors (Lipinski definition) is 2. The molecule has 2 aliphatic heterocycles. The highest BCUT2D eigenvalue weighted by Crippen LogP contribution is 2.39. The number of aromatic nitrogens is 1. The standard InChI is InChI=1S/C20H17FN2O4/c1-25-20(24)15-8-13-12-7-11(21)3-4-14(12)22-19(13)18(23-15)10-2-5-16-17(6-10)27-9-26-16/h2-7,15,18,22-23H,8-9H2,1H3. The minimum atomic E-state index is -0.528. The maximum Gasteiger partial charge on any atom is 0.323 e. The van der Waals surface area contributed by atoms with Crippen molar-refractivity contribution in [3.8, 4) is 11.5 Å². The number of rotatable bonds is 2. The predicted octanol–water partition coefficient (Wildman–Crippen LogP) is 2.81. The second kappa shape index (κ2) is 5.99. The smallest absolute Gasteiger partial charge is 0.323 e. The van der Waals surface area contributed by atoms with Gasteiger partial charge in [-0.15, -0.1) is 0 Å². The number of carbonyl (C=O) groups is 1. The van der Waals surface area contributed by atoms with Crippen LogP contribution in [-0.4, -0.2) is 30.9 Å². The molecule has 138 valence electrons. The minimum absolute atomic E-state index is 0.193. The molecule has 0 aliphatic carbocycles. The fourth-order valence-corrected chi connectivity index (χ4v) is 3.90. The number of ether oxygens (including phenoxy) is 3. The Morgan fingerprint density at radius 3 is 2.89 bits per heavy atom. The Kier molecular flexibility index (Phi) is 3.58. The average molecular weight is 368 g/mol. The molecule has 3 heterocycles. The molecule has 5 rings (SSSR count). The Morgan fingerprint density at radius 1 is 1.19 bits per heavy atom. The average Bonchev–Trinajstić information content (AvgIpc) is 3.30. The zero-order chi connectivity index (χ0) is 18.5. The van der Waals surface area contributed by atoms with Crippen LogP contribution in [0.3, 0.4) is 0 Å². The van der Waals surface area contributed by atoms with E-state index >= 15 is 0 Å². The van der Waals surface area contributed by atoms with Crippen molar-refractivity contribution < 1.29 is 23.4 Å². The van der Waals surface area contributed by atoms with Crippen molar-refractivity contribution in [1.82, 2.24) is 10.3 Å². The van der Waals surface area contributed by atoms with Gasteiger partial charge < -0.3 is 19.2 Å². The molecular formula is C20H17FN2O4. The van der Waals surface area contributed by atoms with Crippen molar-refractivity contribution in [2.24, 2.45) is 0 Å². The molecule has 2 aromatic carbocycles. The first-order valence-electron chi connectivity index (χ1n) is 8.67. The van der Waals surface area contributed by atoms with E-state index in [1.807, 2.05) is 18.2 Å². The molecule has 0 bridgehead atoms. The number of H-pyrrole nitrogens is 1. The van der Waals surface area contributed by atoms with Gasteiger partial charge in [0.05, 0.1) is 13.2 Å². The SMILES string of the molecule is COC(=O)C1Cc2c([nH]c3ccc(F)cc23)C(c2ccc3c(c2)OCO3)N1. The molecule has 7 heteroatoms. The number of nitrogens with one attached hydrogen (secondary N) is 2. The van der Waals surface area contributed by atoms with E-state index in [0.717, 1.165) is 27.7 Å². The predicted molar refractivity (Wildman–Crippen MR) is 95.3 cm³/mol. The van der Waals surface area contributed by atoms with Gasteiger partial charge in [0.1, 0.15) is 11.9 Å². The first-order valence-corrected chi connectivity index (χ1v) is 8.67. The summed E-state index contributed by atoms with van der Waals surface area (Å²) in [7, 11) is 1.37. The van der Waals surface area contributed by atoms with Gasteiger partial charge in [-0.05, 0) is 41.5 Å². The Bertz CT molecular complexity index is 1060. The van der Waals surface area contributed by atoms with Crippen LogP contribution in [0.1, 0.15) is 22.9 Å². The number of benzene rings is 2. The number of fused-ring (bicyclic) bond motifs is 4. The van der Waals surface area contributed by atoms with E-state index in [1.165, 1.54) is 19.2 Å². The lowest BCUT2D eigenvalue weighted by molar-refractivity contribution is -0.143. The molecule has 0 spiro atoms. The summed E-state index contributed by atoms with van der Waals surface area (Å²) in [5.74, 6) is 0.699. The molecule has 3 aromatic rings. The Labute approximate surface area is 154 Å². The van der Waals surface area contributed by atoms with Crippen LogP contribution in [-0.2, 0) is 16.0 Å². The van der Waals surface area contributed by atoms with Crippen molar-refractivity contribution in [3.63, 3.8) is 0 Å². The molecule has 6 nitrogen and oxygen atoms in total. The molecule has 2 atom stereocenters. The van der Waals surface area contributed by atoms with E-state index in [4.69, 9.17) is 14.2 Å². The second-order valence-corrected chi connectivity index (χ2v) is 6.70. The van der Waals surface area contributed by atoms with Crippen LogP contribution < -0.4 is 14.8 Å². The highest BCUT2D eigenvalue weighted by Gasteiger charge is 2.35. The molecule has 0 amide bonds. The lowest BCUT2D eigenvalue weighted by atomic mass is 9.90. The van der Waals surface area contributed by atoms with Gasteiger partial charge in [-0.25, -0.2) is 4.39 Å². The quantitative estimate of drug-likeness (QED) is 0.681. The normalized spacial score (nSPS) is 20.5. The summed E-state index contributed by atoms with van der Waals surface area (Å²) in [4.78, 5) is 15.6. The van der Waals surface area contributed by atoms with Crippen molar-refractivity contribution >= 4 is 16.9 Å². The van der Waals surface area contributed by atoms with Gasteiger partial charge in [-0.1, -0.05) is 6.07 Å². The Hall–Kier alpha value is -3.06. The number of esters is 1. The first kappa shape index (κ1) is 16.1. The Morgan fingerprint density at radius 2 is 2.04 bits per heavy atom. The van der Waals surface area contributed by atoms with E-state index in [1.54, 1.807) is 6.07 Å². The summed E-state index contributed by atoms with van der Waals surface area (Å²) in [5, 5.41) is 4.13. The zero-order valence-electron chi connectivity index (χ0n) is 14.5. The van der Waals surface area contributed by atoms with E-state index < -0.39 is 6.04 Å². The van der Waals surface area contributed by atoms with Crippen LogP contribution in [0.2, 0.25) is 0 Å².